The van der Waals surface area contributed by atoms with Crippen molar-refractivity contribution >= 4 is 22.4 Å². The van der Waals surface area contributed by atoms with E-state index in [2.05, 4.69) is 24.1 Å². The molecule has 0 radical (unpaired) electrons. The fourth-order valence-corrected chi connectivity index (χ4v) is 3.48. The Kier molecular flexibility index (Phi) is 2.23. The Balaban J connectivity index is 1.77. The molecule has 5 heteroatoms. The van der Waals surface area contributed by atoms with Crippen LogP contribution < -0.4 is 5.32 Å². The maximum atomic E-state index is 11.1. The van der Waals surface area contributed by atoms with Crippen LogP contribution >= 0.6 is 11.3 Å². The fourth-order valence-electron chi connectivity index (χ4n) is 2.39. The maximum Gasteiger partial charge on any atom is 0.312 e. The van der Waals surface area contributed by atoms with Gasteiger partial charge in [0.05, 0.1) is 5.69 Å². The third kappa shape index (κ3) is 1.82. The highest BCUT2D eigenvalue weighted by Crippen LogP contribution is 2.48. The van der Waals surface area contributed by atoms with Gasteiger partial charge in [-0.25, -0.2) is 4.98 Å². The van der Waals surface area contributed by atoms with E-state index in [9.17, 15) is 4.79 Å². The Bertz CT molecular complexity index is 481. The molecular weight excluding hydrogens is 236 g/mol. The highest BCUT2D eigenvalue weighted by molar-refractivity contribution is 7.15. The van der Waals surface area contributed by atoms with Crippen LogP contribution in [-0.2, 0) is 11.2 Å². The SMILES string of the molecule is CC1(C)CC1Nc1nc2c(s1)CCC2C(=O)O. The average molecular weight is 252 g/mol. The second-order valence-electron chi connectivity index (χ2n) is 5.65. The highest BCUT2D eigenvalue weighted by atomic mass is 32.1. The summed E-state index contributed by atoms with van der Waals surface area (Å²) in [5.74, 6) is -1.13. The summed E-state index contributed by atoms with van der Waals surface area (Å²) in [5, 5.41) is 13.4. The van der Waals surface area contributed by atoms with Crippen LogP contribution in [0.1, 0.15) is 43.2 Å². The van der Waals surface area contributed by atoms with Gasteiger partial charge in [-0.2, -0.15) is 0 Å². The predicted octanol–water partition coefficient (Wildman–Crippen LogP) is 2.47. The first-order valence-corrected chi connectivity index (χ1v) is 6.78. The summed E-state index contributed by atoms with van der Waals surface area (Å²) in [6.07, 6.45) is 2.73. The molecule has 0 aliphatic heterocycles. The average Bonchev–Trinajstić information content (AvgIpc) is 2.62. The smallest absolute Gasteiger partial charge is 0.312 e. The van der Waals surface area contributed by atoms with E-state index >= 15 is 0 Å². The summed E-state index contributed by atoms with van der Waals surface area (Å²) in [5.41, 5.74) is 1.16. The van der Waals surface area contributed by atoms with E-state index in [4.69, 9.17) is 5.11 Å². The van der Waals surface area contributed by atoms with E-state index < -0.39 is 5.97 Å². The van der Waals surface area contributed by atoms with Gasteiger partial charge >= 0.3 is 5.97 Å². The van der Waals surface area contributed by atoms with E-state index in [1.807, 2.05) is 0 Å². The molecule has 0 saturated heterocycles. The number of aliphatic carboxylic acids is 1. The number of anilines is 1. The third-order valence-corrected chi connectivity index (χ3v) is 4.89. The molecule has 2 aliphatic rings. The fraction of sp³-hybridized carbons (Fsp3) is 0.667. The number of hydrogen-bond donors (Lipinski definition) is 2. The molecule has 2 aliphatic carbocycles. The van der Waals surface area contributed by atoms with Crippen LogP contribution in [0.25, 0.3) is 0 Å². The zero-order valence-electron chi connectivity index (χ0n) is 9.99. The van der Waals surface area contributed by atoms with E-state index in [-0.39, 0.29) is 5.92 Å². The van der Waals surface area contributed by atoms with Crippen molar-refractivity contribution in [1.29, 1.82) is 0 Å². The number of carbonyl (C=O) groups is 1. The van der Waals surface area contributed by atoms with Gasteiger partial charge in [-0.05, 0) is 24.7 Å². The van der Waals surface area contributed by atoms with Gasteiger partial charge in [0.1, 0.15) is 5.92 Å². The predicted molar refractivity (Wildman–Crippen MR) is 66.6 cm³/mol. The number of carboxylic acids is 1. The monoisotopic (exact) mass is 252 g/mol. The summed E-state index contributed by atoms with van der Waals surface area (Å²) in [6, 6.07) is 0.497. The quantitative estimate of drug-likeness (QED) is 0.867. The molecule has 1 fully saturated rings. The van der Waals surface area contributed by atoms with Crippen LogP contribution in [0.15, 0.2) is 0 Å². The van der Waals surface area contributed by atoms with Gasteiger partial charge < -0.3 is 10.4 Å². The van der Waals surface area contributed by atoms with Crippen LogP contribution in [-0.4, -0.2) is 22.1 Å². The number of fused-ring (bicyclic) bond motifs is 1. The lowest BCUT2D eigenvalue weighted by Crippen LogP contribution is -2.10. The van der Waals surface area contributed by atoms with Crippen LogP contribution in [0.5, 0.6) is 0 Å². The molecule has 1 heterocycles. The molecule has 1 saturated carbocycles. The molecule has 0 bridgehead atoms. The Labute approximate surface area is 104 Å². The Morgan fingerprint density at radius 2 is 2.29 bits per heavy atom. The van der Waals surface area contributed by atoms with Gasteiger partial charge in [-0.15, -0.1) is 11.3 Å². The maximum absolute atomic E-state index is 11.1. The first-order chi connectivity index (χ1) is 7.97. The molecule has 0 amide bonds. The van der Waals surface area contributed by atoms with Crippen molar-refractivity contribution in [3.05, 3.63) is 10.6 Å². The number of aromatic nitrogens is 1. The van der Waals surface area contributed by atoms with Crippen molar-refractivity contribution in [3.8, 4) is 0 Å². The second kappa shape index (κ2) is 3.45. The van der Waals surface area contributed by atoms with Crippen molar-refractivity contribution < 1.29 is 9.90 Å². The zero-order chi connectivity index (χ0) is 12.2. The number of carboxylic acid groups (broad SMARTS) is 1. The number of rotatable bonds is 3. The van der Waals surface area contributed by atoms with Crippen LogP contribution in [0.4, 0.5) is 5.13 Å². The van der Waals surface area contributed by atoms with Crippen molar-refractivity contribution in [2.75, 3.05) is 5.32 Å². The molecule has 2 unspecified atom stereocenters. The number of nitrogens with zero attached hydrogens (tertiary/aromatic N) is 1. The third-order valence-electron chi connectivity index (χ3n) is 3.83. The lowest BCUT2D eigenvalue weighted by Gasteiger charge is -2.05. The molecule has 1 aromatic rings. The minimum absolute atomic E-state index is 0.363. The van der Waals surface area contributed by atoms with Gasteiger partial charge in [0.25, 0.3) is 0 Å². The summed E-state index contributed by atoms with van der Waals surface area (Å²) in [4.78, 5) is 16.7. The van der Waals surface area contributed by atoms with Crippen molar-refractivity contribution in [3.63, 3.8) is 0 Å². The first-order valence-electron chi connectivity index (χ1n) is 5.96. The lowest BCUT2D eigenvalue weighted by atomic mass is 10.1. The summed E-state index contributed by atoms with van der Waals surface area (Å²) >= 11 is 1.63. The number of nitrogens with one attached hydrogen (secondary N) is 1. The highest BCUT2D eigenvalue weighted by Gasteiger charge is 2.46. The molecule has 2 N–H and O–H groups in total. The molecule has 3 rings (SSSR count). The topological polar surface area (TPSA) is 62.2 Å². The molecule has 92 valence electrons. The van der Waals surface area contributed by atoms with Crippen molar-refractivity contribution in [2.45, 2.75) is 45.1 Å². The van der Waals surface area contributed by atoms with E-state index in [1.165, 1.54) is 6.42 Å². The minimum Gasteiger partial charge on any atom is -0.481 e. The van der Waals surface area contributed by atoms with Gasteiger partial charge in [0.2, 0.25) is 0 Å². The summed E-state index contributed by atoms with van der Waals surface area (Å²) in [7, 11) is 0. The molecule has 0 aromatic carbocycles. The Hall–Kier alpha value is -1.10. The molecule has 2 atom stereocenters. The lowest BCUT2D eigenvalue weighted by molar-refractivity contribution is -0.138. The van der Waals surface area contributed by atoms with Gasteiger partial charge in [0.15, 0.2) is 5.13 Å². The standard InChI is InChI=1S/C12H16N2O2S/c1-12(2)5-8(12)13-11-14-9-6(10(15)16)3-4-7(9)17-11/h6,8H,3-5H2,1-2H3,(H,13,14)(H,15,16). The molecule has 17 heavy (non-hydrogen) atoms. The number of aryl methyl sites for hydroxylation is 1. The van der Waals surface area contributed by atoms with Gasteiger partial charge in [-0.1, -0.05) is 13.8 Å². The summed E-state index contributed by atoms with van der Waals surface area (Å²) < 4.78 is 0. The van der Waals surface area contributed by atoms with E-state index in [1.54, 1.807) is 11.3 Å². The van der Waals surface area contributed by atoms with Crippen LogP contribution in [0, 0.1) is 5.41 Å². The number of hydrogen-bond acceptors (Lipinski definition) is 4. The number of thiazole rings is 1. The van der Waals surface area contributed by atoms with Crippen LogP contribution in [0.3, 0.4) is 0 Å². The molecule has 0 spiro atoms. The summed E-state index contributed by atoms with van der Waals surface area (Å²) in [6.45, 7) is 4.46. The molecule has 4 nitrogen and oxygen atoms in total. The minimum atomic E-state index is -0.743. The second-order valence-corrected chi connectivity index (χ2v) is 6.73. The Morgan fingerprint density at radius 1 is 1.59 bits per heavy atom. The molecule has 1 aromatic heterocycles. The Morgan fingerprint density at radius 3 is 2.88 bits per heavy atom. The first kappa shape index (κ1) is 11.0. The zero-order valence-corrected chi connectivity index (χ0v) is 10.8. The largest absolute Gasteiger partial charge is 0.481 e. The van der Waals surface area contributed by atoms with E-state index in [0.29, 0.717) is 17.9 Å². The van der Waals surface area contributed by atoms with Gasteiger partial charge in [-0.3, -0.25) is 4.79 Å². The molecular formula is C12H16N2O2S. The van der Waals surface area contributed by atoms with Gasteiger partial charge in [0, 0.05) is 10.9 Å². The van der Waals surface area contributed by atoms with E-state index in [0.717, 1.165) is 22.1 Å². The van der Waals surface area contributed by atoms with Crippen molar-refractivity contribution in [2.24, 2.45) is 5.41 Å². The normalized spacial score (nSPS) is 28.8. The van der Waals surface area contributed by atoms with Crippen LogP contribution in [0.2, 0.25) is 0 Å². The van der Waals surface area contributed by atoms with Crippen molar-refractivity contribution in [1.82, 2.24) is 4.98 Å².